The van der Waals surface area contributed by atoms with Gasteiger partial charge >= 0.3 is 0 Å². The van der Waals surface area contributed by atoms with Crippen molar-refractivity contribution in [1.29, 1.82) is 0 Å². The molecule has 0 aromatic carbocycles. The highest BCUT2D eigenvalue weighted by atomic mass is 16.5. The molecule has 0 spiro atoms. The van der Waals surface area contributed by atoms with E-state index in [9.17, 15) is 0 Å². The molecule has 0 rings (SSSR count). The fourth-order valence-corrected chi connectivity index (χ4v) is 0.320. The molecular formula is C5H10N2O. The van der Waals surface area contributed by atoms with Crippen LogP contribution in [0.2, 0.25) is 0 Å². The lowest BCUT2D eigenvalue weighted by Crippen LogP contribution is -2.15. The second kappa shape index (κ2) is 4.33. The van der Waals surface area contributed by atoms with Gasteiger partial charge in [0.15, 0.2) is 0 Å². The van der Waals surface area contributed by atoms with Gasteiger partial charge in [0.05, 0.1) is 0 Å². The van der Waals surface area contributed by atoms with E-state index in [0.717, 1.165) is 0 Å². The van der Waals surface area contributed by atoms with Crippen molar-refractivity contribution in [3.05, 3.63) is 12.2 Å². The minimum absolute atomic E-state index is 0.465. The monoisotopic (exact) mass is 114 g/mol. The maximum atomic E-state index is 8.23. The fourth-order valence-electron chi connectivity index (χ4n) is 0.320. The molecule has 2 N–H and O–H groups in total. The highest BCUT2D eigenvalue weighted by molar-refractivity contribution is 5.91. The van der Waals surface area contributed by atoms with Crippen LogP contribution in [0.5, 0.6) is 0 Å². The van der Waals surface area contributed by atoms with E-state index in [1.165, 1.54) is 0 Å². The molecule has 0 aromatic rings. The predicted molar refractivity (Wildman–Crippen MR) is 33.1 cm³/mol. The molecule has 0 amide bonds. The summed E-state index contributed by atoms with van der Waals surface area (Å²) >= 11 is 0. The van der Waals surface area contributed by atoms with Crippen LogP contribution in [-0.4, -0.2) is 18.1 Å². The zero-order valence-electron chi connectivity index (χ0n) is 5.05. The first kappa shape index (κ1) is 7.17. The Morgan fingerprint density at radius 2 is 2.38 bits per heavy atom. The average molecular weight is 114 g/mol. The van der Waals surface area contributed by atoms with Crippen LogP contribution in [0.3, 0.4) is 0 Å². The van der Waals surface area contributed by atoms with E-state index in [4.69, 9.17) is 5.21 Å². The Morgan fingerprint density at radius 1 is 1.75 bits per heavy atom. The first-order valence-electron chi connectivity index (χ1n) is 2.34. The number of rotatable bonds is 1. The third-order valence-corrected chi connectivity index (χ3v) is 0.680. The molecule has 0 aliphatic carbocycles. The molecule has 0 heterocycles. The van der Waals surface area contributed by atoms with Crippen molar-refractivity contribution in [2.75, 3.05) is 7.05 Å². The summed E-state index contributed by atoms with van der Waals surface area (Å²) in [5.74, 6) is 0.465. The zero-order chi connectivity index (χ0) is 6.41. The molecular weight excluding hydrogens is 104 g/mol. The molecule has 0 saturated heterocycles. The molecule has 3 heteroatoms. The van der Waals surface area contributed by atoms with Crippen LogP contribution in [0.25, 0.3) is 0 Å². The van der Waals surface area contributed by atoms with Gasteiger partial charge in [0, 0.05) is 7.05 Å². The lowest BCUT2D eigenvalue weighted by atomic mass is 10.5. The summed E-state index contributed by atoms with van der Waals surface area (Å²) < 4.78 is 0. The van der Waals surface area contributed by atoms with Crippen LogP contribution >= 0.6 is 0 Å². The molecule has 0 atom stereocenters. The van der Waals surface area contributed by atoms with Crippen LogP contribution in [0.4, 0.5) is 0 Å². The number of hydroxylamine groups is 1. The summed E-state index contributed by atoms with van der Waals surface area (Å²) in [4.78, 5) is 3.66. The van der Waals surface area contributed by atoms with Crippen LogP contribution in [0.15, 0.2) is 17.1 Å². The molecule has 0 aliphatic rings. The number of hydrogen-bond acceptors (Lipinski definition) is 2. The van der Waals surface area contributed by atoms with Crippen molar-refractivity contribution >= 4 is 5.84 Å². The Balaban J connectivity index is 3.72. The van der Waals surface area contributed by atoms with Crippen LogP contribution in [-0.2, 0) is 0 Å². The quantitative estimate of drug-likeness (QED) is 0.297. The van der Waals surface area contributed by atoms with Crippen molar-refractivity contribution in [2.45, 2.75) is 6.92 Å². The van der Waals surface area contributed by atoms with Crippen molar-refractivity contribution in [3.8, 4) is 0 Å². The van der Waals surface area contributed by atoms with Gasteiger partial charge in [-0.25, -0.2) is 0 Å². The van der Waals surface area contributed by atoms with E-state index < -0.39 is 0 Å². The average Bonchev–Trinajstić information content (AvgIpc) is 1.83. The van der Waals surface area contributed by atoms with Crippen molar-refractivity contribution < 1.29 is 5.21 Å². The van der Waals surface area contributed by atoms with E-state index >= 15 is 0 Å². The molecule has 0 saturated carbocycles. The minimum atomic E-state index is 0.465. The number of allylic oxidation sites excluding steroid dienone is 1. The van der Waals surface area contributed by atoms with Gasteiger partial charge < -0.3 is 0 Å². The molecule has 0 bridgehead atoms. The first-order chi connectivity index (χ1) is 3.85. The smallest absolute Gasteiger partial charge is 0.144 e. The van der Waals surface area contributed by atoms with E-state index in [0.29, 0.717) is 5.84 Å². The molecule has 0 aromatic heterocycles. The third-order valence-electron chi connectivity index (χ3n) is 0.680. The maximum absolute atomic E-state index is 8.23. The number of amidine groups is 1. The Hall–Kier alpha value is -0.830. The number of hydrogen-bond donors (Lipinski definition) is 2. The number of nitrogens with one attached hydrogen (secondary N) is 1. The zero-order valence-corrected chi connectivity index (χ0v) is 5.05. The van der Waals surface area contributed by atoms with Crippen molar-refractivity contribution in [2.24, 2.45) is 4.99 Å². The summed E-state index contributed by atoms with van der Waals surface area (Å²) in [6.45, 7) is 1.85. The van der Waals surface area contributed by atoms with Crippen LogP contribution in [0.1, 0.15) is 6.92 Å². The lowest BCUT2D eigenvalue weighted by Gasteiger charge is -1.91. The highest BCUT2D eigenvalue weighted by Crippen LogP contribution is 1.72. The first-order valence-corrected chi connectivity index (χ1v) is 2.34. The maximum Gasteiger partial charge on any atom is 0.144 e. The van der Waals surface area contributed by atoms with Crippen LogP contribution < -0.4 is 5.48 Å². The second-order valence-corrected chi connectivity index (χ2v) is 1.22. The Kier molecular flexibility index (Phi) is 3.88. The van der Waals surface area contributed by atoms with E-state index in [1.807, 2.05) is 12.4 Å². The molecule has 0 unspecified atom stereocenters. The molecule has 3 nitrogen and oxygen atoms in total. The van der Waals surface area contributed by atoms with Gasteiger partial charge in [-0.3, -0.25) is 15.7 Å². The number of nitrogens with zero attached hydrogens (tertiary/aromatic N) is 1. The van der Waals surface area contributed by atoms with E-state index in [-0.39, 0.29) is 0 Å². The van der Waals surface area contributed by atoms with Gasteiger partial charge in [0.25, 0.3) is 0 Å². The van der Waals surface area contributed by atoms with Gasteiger partial charge in [-0.2, -0.15) is 0 Å². The summed E-state index contributed by atoms with van der Waals surface area (Å²) in [7, 11) is 1.60. The molecule has 8 heavy (non-hydrogen) atoms. The van der Waals surface area contributed by atoms with Gasteiger partial charge in [0.2, 0.25) is 0 Å². The van der Waals surface area contributed by atoms with Gasteiger partial charge in [-0.05, 0) is 13.0 Å². The predicted octanol–water partition coefficient (Wildman–Crippen LogP) is 0.570. The van der Waals surface area contributed by atoms with Crippen molar-refractivity contribution in [3.63, 3.8) is 0 Å². The standard InChI is InChI=1S/C5H10N2O/c1-3-4-5(6-2)7-8/h3-4,8H,1-2H3,(H,6,7)/b4-3-. The van der Waals surface area contributed by atoms with E-state index in [1.54, 1.807) is 19.2 Å². The Labute approximate surface area is 48.7 Å². The summed E-state index contributed by atoms with van der Waals surface area (Å²) in [5.41, 5.74) is 1.92. The second-order valence-electron chi connectivity index (χ2n) is 1.22. The fraction of sp³-hybridized carbons (Fsp3) is 0.400. The van der Waals surface area contributed by atoms with E-state index in [2.05, 4.69) is 4.99 Å². The SMILES string of the molecule is C/C=C\C(=NC)NO. The minimum Gasteiger partial charge on any atom is -0.290 e. The van der Waals surface area contributed by atoms with Gasteiger partial charge in [0.1, 0.15) is 5.84 Å². The van der Waals surface area contributed by atoms with Gasteiger partial charge in [-0.15, -0.1) is 0 Å². The summed E-state index contributed by atoms with van der Waals surface area (Å²) in [5, 5.41) is 8.23. The Bertz CT molecular complexity index is 104. The van der Waals surface area contributed by atoms with Crippen LogP contribution in [0, 0.1) is 0 Å². The van der Waals surface area contributed by atoms with Gasteiger partial charge in [-0.1, -0.05) is 6.08 Å². The third kappa shape index (κ3) is 2.36. The largest absolute Gasteiger partial charge is 0.290 e. The topological polar surface area (TPSA) is 44.6 Å². The molecule has 46 valence electrons. The molecule has 0 aliphatic heterocycles. The number of aliphatic imine (C=N–C) groups is 1. The molecule has 0 fully saturated rings. The summed E-state index contributed by atoms with van der Waals surface area (Å²) in [6, 6.07) is 0. The highest BCUT2D eigenvalue weighted by Gasteiger charge is 1.80. The summed E-state index contributed by atoms with van der Waals surface area (Å²) in [6.07, 6.45) is 3.45. The lowest BCUT2D eigenvalue weighted by molar-refractivity contribution is 0.235. The Morgan fingerprint density at radius 3 is 2.50 bits per heavy atom. The molecule has 0 radical (unpaired) electrons. The normalized spacial score (nSPS) is 12.6. The van der Waals surface area contributed by atoms with Crippen molar-refractivity contribution in [1.82, 2.24) is 5.48 Å².